The summed E-state index contributed by atoms with van der Waals surface area (Å²) >= 11 is 1.40. The molecule has 0 radical (unpaired) electrons. The largest absolute Gasteiger partial charge is 0.463 e. The molecule has 0 aromatic carbocycles. The molecule has 0 fully saturated rings. The van der Waals surface area contributed by atoms with Crippen LogP contribution in [-0.2, 0) is 0 Å². The molecule has 0 saturated heterocycles. The third-order valence-corrected chi connectivity index (χ3v) is 4.93. The van der Waals surface area contributed by atoms with Crippen molar-refractivity contribution < 1.29 is 13.6 Å². The molecule has 0 bridgehead atoms. The second-order valence-corrected chi connectivity index (χ2v) is 7.01. The third-order valence-electron chi connectivity index (χ3n) is 4.12. The molecule has 10 heteroatoms. The zero-order valence-electron chi connectivity index (χ0n) is 15.1. The Labute approximate surface area is 168 Å². The van der Waals surface area contributed by atoms with Crippen LogP contribution in [0.4, 0.5) is 5.82 Å². The number of aryl methyl sites for hydroxylation is 1. The van der Waals surface area contributed by atoms with E-state index in [1.54, 1.807) is 47.5 Å². The minimum absolute atomic E-state index is 0.234. The molecule has 0 unspecified atom stereocenters. The van der Waals surface area contributed by atoms with E-state index in [0.29, 0.717) is 33.9 Å². The van der Waals surface area contributed by atoms with E-state index in [4.69, 9.17) is 8.83 Å². The Balaban J connectivity index is 1.41. The molecule has 0 saturated carbocycles. The van der Waals surface area contributed by atoms with Gasteiger partial charge in [0.2, 0.25) is 5.13 Å². The fraction of sp³-hybridized carbons (Fsp3) is 0.0526. The standard InChI is InChI=1S/C19H14N6O3S/c1-11-8-17(21-18(26)13-9-12(22-23-13)15-4-2-6-27-15)25(24-11)19-20-14(10-29-19)16-5-3-7-28-16/h2-10H,1H3,(H,21,26)(H,22,23). The monoisotopic (exact) mass is 406 g/mol. The van der Waals surface area contributed by atoms with Crippen LogP contribution in [-0.4, -0.2) is 30.9 Å². The summed E-state index contributed by atoms with van der Waals surface area (Å²) in [6.45, 7) is 1.84. The van der Waals surface area contributed by atoms with E-state index in [-0.39, 0.29) is 11.6 Å². The molecule has 5 heterocycles. The average Bonchev–Trinajstić information content (AvgIpc) is 3.52. The van der Waals surface area contributed by atoms with Gasteiger partial charge in [-0.15, -0.1) is 11.3 Å². The van der Waals surface area contributed by atoms with Crippen molar-refractivity contribution >= 4 is 23.1 Å². The smallest absolute Gasteiger partial charge is 0.277 e. The van der Waals surface area contributed by atoms with Crippen LogP contribution in [0, 0.1) is 6.92 Å². The number of hydrogen-bond donors (Lipinski definition) is 2. The van der Waals surface area contributed by atoms with E-state index in [1.165, 1.54) is 11.3 Å². The Morgan fingerprint density at radius 1 is 1.17 bits per heavy atom. The molecule has 0 aliphatic carbocycles. The molecule has 0 aliphatic rings. The van der Waals surface area contributed by atoms with Crippen LogP contribution < -0.4 is 5.32 Å². The van der Waals surface area contributed by atoms with Gasteiger partial charge in [0, 0.05) is 17.5 Å². The summed E-state index contributed by atoms with van der Waals surface area (Å²) in [5.41, 5.74) is 2.30. The first-order valence-corrected chi connectivity index (χ1v) is 9.52. The molecule has 0 atom stereocenters. The van der Waals surface area contributed by atoms with E-state index >= 15 is 0 Å². The first kappa shape index (κ1) is 17.2. The van der Waals surface area contributed by atoms with E-state index in [1.807, 2.05) is 18.4 Å². The van der Waals surface area contributed by atoms with Crippen LogP contribution in [0.3, 0.4) is 0 Å². The van der Waals surface area contributed by atoms with Gasteiger partial charge in [-0.05, 0) is 31.2 Å². The maximum absolute atomic E-state index is 12.7. The van der Waals surface area contributed by atoms with Gasteiger partial charge in [0.15, 0.2) is 17.2 Å². The van der Waals surface area contributed by atoms with Crippen LogP contribution in [0.5, 0.6) is 0 Å². The van der Waals surface area contributed by atoms with Gasteiger partial charge in [0.25, 0.3) is 5.91 Å². The Morgan fingerprint density at radius 3 is 2.72 bits per heavy atom. The number of anilines is 1. The number of H-pyrrole nitrogens is 1. The molecule has 144 valence electrons. The fourth-order valence-electron chi connectivity index (χ4n) is 2.81. The van der Waals surface area contributed by atoms with Crippen LogP contribution in [0.15, 0.2) is 63.1 Å². The Kier molecular flexibility index (Phi) is 4.10. The molecular weight excluding hydrogens is 392 g/mol. The van der Waals surface area contributed by atoms with Gasteiger partial charge in [-0.3, -0.25) is 9.89 Å². The zero-order valence-corrected chi connectivity index (χ0v) is 15.9. The average molecular weight is 406 g/mol. The van der Waals surface area contributed by atoms with E-state index < -0.39 is 0 Å². The Morgan fingerprint density at radius 2 is 1.97 bits per heavy atom. The number of carbonyl (C=O) groups excluding carboxylic acids is 1. The van der Waals surface area contributed by atoms with Crippen molar-refractivity contribution in [3.05, 3.63) is 65.7 Å². The lowest BCUT2D eigenvalue weighted by Gasteiger charge is -2.04. The number of furan rings is 2. The van der Waals surface area contributed by atoms with E-state index in [9.17, 15) is 4.79 Å². The van der Waals surface area contributed by atoms with Crippen molar-refractivity contribution in [3.8, 4) is 28.0 Å². The summed E-state index contributed by atoms with van der Waals surface area (Å²) in [6.07, 6.45) is 3.15. The maximum atomic E-state index is 12.7. The van der Waals surface area contributed by atoms with Crippen molar-refractivity contribution in [1.82, 2.24) is 25.0 Å². The minimum atomic E-state index is -0.372. The lowest BCUT2D eigenvalue weighted by atomic mass is 10.3. The molecule has 5 rings (SSSR count). The van der Waals surface area contributed by atoms with Gasteiger partial charge < -0.3 is 14.2 Å². The van der Waals surface area contributed by atoms with Crippen molar-refractivity contribution in [3.63, 3.8) is 0 Å². The third kappa shape index (κ3) is 3.25. The van der Waals surface area contributed by atoms with Crippen LogP contribution in [0.1, 0.15) is 16.2 Å². The molecule has 9 nitrogen and oxygen atoms in total. The first-order valence-electron chi connectivity index (χ1n) is 8.64. The van der Waals surface area contributed by atoms with Crippen LogP contribution in [0.25, 0.3) is 28.0 Å². The number of hydrogen-bond acceptors (Lipinski definition) is 7. The van der Waals surface area contributed by atoms with Gasteiger partial charge in [-0.2, -0.15) is 14.9 Å². The molecule has 2 N–H and O–H groups in total. The predicted molar refractivity (Wildman–Crippen MR) is 106 cm³/mol. The first-order chi connectivity index (χ1) is 14.2. The van der Waals surface area contributed by atoms with Gasteiger partial charge in [-0.25, -0.2) is 4.98 Å². The summed E-state index contributed by atoms with van der Waals surface area (Å²) in [6, 6.07) is 10.6. The number of rotatable bonds is 5. The van der Waals surface area contributed by atoms with Crippen LogP contribution >= 0.6 is 11.3 Å². The van der Waals surface area contributed by atoms with Crippen molar-refractivity contribution in [1.29, 1.82) is 0 Å². The molecule has 0 aliphatic heterocycles. The molecule has 0 spiro atoms. The molecule has 5 aromatic rings. The number of nitrogens with zero attached hydrogens (tertiary/aromatic N) is 4. The van der Waals surface area contributed by atoms with Gasteiger partial charge in [0.05, 0.1) is 18.2 Å². The van der Waals surface area contributed by atoms with E-state index in [0.717, 1.165) is 5.69 Å². The van der Waals surface area contributed by atoms with Gasteiger partial charge in [-0.1, -0.05) is 0 Å². The zero-order chi connectivity index (χ0) is 19.8. The predicted octanol–water partition coefficient (Wildman–Crippen LogP) is 4.13. The van der Waals surface area contributed by atoms with Crippen LogP contribution in [0.2, 0.25) is 0 Å². The second-order valence-electron chi connectivity index (χ2n) is 6.17. The SMILES string of the molecule is Cc1cc(NC(=O)c2cc(-c3ccco3)[nH]n2)n(-c2nc(-c3ccco3)cs2)n1. The Hall–Kier alpha value is -3.92. The summed E-state index contributed by atoms with van der Waals surface area (Å²) in [5, 5.41) is 16.6. The van der Waals surface area contributed by atoms with Crippen molar-refractivity contribution in [2.24, 2.45) is 0 Å². The number of thiazole rings is 1. The topological polar surface area (TPSA) is 115 Å². The second kappa shape index (κ2) is 6.91. The minimum Gasteiger partial charge on any atom is -0.463 e. The summed E-state index contributed by atoms with van der Waals surface area (Å²) in [4.78, 5) is 17.2. The number of nitrogens with one attached hydrogen (secondary N) is 2. The lowest BCUT2D eigenvalue weighted by molar-refractivity contribution is 0.102. The van der Waals surface area contributed by atoms with Crippen molar-refractivity contribution in [2.75, 3.05) is 5.32 Å². The molecule has 5 aromatic heterocycles. The summed E-state index contributed by atoms with van der Waals surface area (Å²) in [5.74, 6) is 1.40. The molecular formula is C19H14N6O3S. The molecule has 1 amide bonds. The molecule has 29 heavy (non-hydrogen) atoms. The highest BCUT2D eigenvalue weighted by molar-refractivity contribution is 7.12. The van der Waals surface area contributed by atoms with Gasteiger partial charge in [0.1, 0.15) is 17.2 Å². The summed E-state index contributed by atoms with van der Waals surface area (Å²) < 4.78 is 12.3. The quantitative estimate of drug-likeness (QED) is 0.453. The number of carbonyl (C=O) groups is 1. The normalized spacial score (nSPS) is 11.1. The number of aromatic nitrogens is 5. The highest BCUT2D eigenvalue weighted by Crippen LogP contribution is 2.27. The number of amides is 1. The van der Waals surface area contributed by atoms with Crippen molar-refractivity contribution in [2.45, 2.75) is 6.92 Å². The Bertz CT molecular complexity index is 1260. The number of aromatic amines is 1. The van der Waals surface area contributed by atoms with Gasteiger partial charge >= 0.3 is 0 Å². The highest BCUT2D eigenvalue weighted by atomic mass is 32.1. The highest BCUT2D eigenvalue weighted by Gasteiger charge is 2.18. The van der Waals surface area contributed by atoms with E-state index in [2.05, 4.69) is 25.6 Å². The fourth-order valence-corrected chi connectivity index (χ4v) is 3.59. The summed E-state index contributed by atoms with van der Waals surface area (Å²) in [7, 11) is 0. The lowest BCUT2D eigenvalue weighted by Crippen LogP contribution is -2.15. The maximum Gasteiger partial charge on any atom is 0.277 e.